The van der Waals surface area contributed by atoms with Crippen LogP contribution in [-0.2, 0) is 9.53 Å². The third-order valence-corrected chi connectivity index (χ3v) is 3.74. The molecule has 0 aromatic heterocycles. The summed E-state index contributed by atoms with van der Waals surface area (Å²) < 4.78 is 5.21. The molecular formula is C18H37NO2. The first-order valence-electron chi connectivity index (χ1n) is 9.17. The smallest absolute Gasteiger partial charge is 0.319 e. The first kappa shape index (κ1) is 20.4. The zero-order chi connectivity index (χ0) is 15.6. The third-order valence-electron chi connectivity index (χ3n) is 3.74. The molecule has 0 fully saturated rings. The Balaban J connectivity index is 3.13. The van der Waals surface area contributed by atoms with Crippen LogP contribution in [0.25, 0.3) is 0 Å². The predicted molar refractivity (Wildman–Crippen MR) is 90.6 cm³/mol. The Morgan fingerprint density at radius 2 is 1.29 bits per heavy atom. The van der Waals surface area contributed by atoms with Gasteiger partial charge in [-0.25, -0.2) is 0 Å². The van der Waals surface area contributed by atoms with Gasteiger partial charge < -0.3 is 10.1 Å². The summed E-state index contributed by atoms with van der Waals surface area (Å²) in [5, 5.41) is 3.17. The molecule has 0 aliphatic carbocycles. The van der Waals surface area contributed by atoms with E-state index in [1.165, 1.54) is 64.2 Å². The maximum atomic E-state index is 11.5. The van der Waals surface area contributed by atoms with Crippen LogP contribution in [0.5, 0.6) is 0 Å². The summed E-state index contributed by atoms with van der Waals surface area (Å²) in [5.74, 6) is -0.102. The second-order valence-electron chi connectivity index (χ2n) is 5.93. The highest BCUT2D eigenvalue weighted by molar-refractivity contribution is 5.71. The molecule has 0 rings (SSSR count). The summed E-state index contributed by atoms with van der Waals surface area (Å²) in [6.45, 7) is 6.34. The highest BCUT2D eigenvalue weighted by Gasteiger charge is 2.01. The molecule has 0 saturated carbocycles. The molecule has 0 unspecified atom stereocenters. The molecule has 0 saturated heterocycles. The molecule has 0 bridgehead atoms. The summed E-state index contributed by atoms with van der Waals surface area (Å²) in [6.07, 6.45) is 15.1. The van der Waals surface area contributed by atoms with Gasteiger partial charge in [0.25, 0.3) is 0 Å². The molecule has 1 N–H and O–H groups in total. The monoisotopic (exact) mass is 299 g/mol. The Hall–Kier alpha value is -0.570. The Morgan fingerprint density at radius 1 is 0.762 bits per heavy atom. The molecule has 0 aromatic carbocycles. The molecule has 126 valence electrons. The van der Waals surface area contributed by atoms with Gasteiger partial charge in [0.05, 0.1) is 13.2 Å². The molecule has 0 heterocycles. The van der Waals surface area contributed by atoms with E-state index in [0.717, 1.165) is 19.4 Å². The van der Waals surface area contributed by atoms with Gasteiger partial charge in [-0.1, -0.05) is 78.1 Å². The first-order valence-corrected chi connectivity index (χ1v) is 9.17. The lowest BCUT2D eigenvalue weighted by Gasteiger charge is -2.06. The second-order valence-corrected chi connectivity index (χ2v) is 5.93. The van der Waals surface area contributed by atoms with Gasteiger partial charge in [-0.15, -0.1) is 0 Å². The minimum atomic E-state index is -0.102. The van der Waals surface area contributed by atoms with E-state index in [2.05, 4.69) is 19.2 Å². The lowest BCUT2D eigenvalue weighted by Crippen LogP contribution is -2.25. The number of carbonyl (C=O) groups excluding carboxylic acids is 1. The van der Waals surface area contributed by atoms with E-state index >= 15 is 0 Å². The predicted octanol–water partition coefficient (Wildman–Crippen LogP) is 4.84. The lowest BCUT2D eigenvalue weighted by molar-refractivity contribution is -0.142. The molecule has 0 radical (unpaired) electrons. The molecule has 3 heteroatoms. The van der Waals surface area contributed by atoms with E-state index in [-0.39, 0.29) is 5.97 Å². The molecule has 21 heavy (non-hydrogen) atoms. The Bertz CT molecular complexity index is 219. The van der Waals surface area contributed by atoms with E-state index in [0.29, 0.717) is 13.2 Å². The van der Waals surface area contributed by atoms with Crippen molar-refractivity contribution in [3.05, 3.63) is 0 Å². The van der Waals surface area contributed by atoms with Crippen molar-refractivity contribution >= 4 is 5.97 Å². The van der Waals surface area contributed by atoms with E-state index in [9.17, 15) is 4.79 Å². The van der Waals surface area contributed by atoms with Crippen molar-refractivity contribution in [1.29, 1.82) is 0 Å². The van der Waals surface area contributed by atoms with Crippen molar-refractivity contribution < 1.29 is 9.53 Å². The standard InChI is InChI=1S/C18H37NO2/c1-3-5-7-9-11-13-15-19-17-18(20)21-16-14-12-10-8-6-4-2/h19H,3-17H2,1-2H3. The number of hydrogen-bond donors (Lipinski definition) is 1. The topological polar surface area (TPSA) is 38.3 Å². The average Bonchev–Trinajstić information content (AvgIpc) is 2.49. The van der Waals surface area contributed by atoms with E-state index in [4.69, 9.17) is 4.74 Å². The average molecular weight is 299 g/mol. The summed E-state index contributed by atoms with van der Waals surface area (Å²) in [7, 11) is 0. The number of unbranched alkanes of at least 4 members (excludes halogenated alkanes) is 10. The summed E-state index contributed by atoms with van der Waals surface area (Å²) in [5.41, 5.74) is 0. The van der Waals surface area contributed by atoms with E-state index in [1.54, 1.807) is 0 Å². The first-order chi connectivity index (χ1) is 10.3. The fraction of sp³-hybridized carbons (Fsp3) is 0.944. The fourth-order valence-corrected chi connectivity index (χ4v) is 2.34. The minimum absolute atomic E-state index is 0.102. The summed E-state index contributed by atoms with van der Waals surface area (Å²) >= 11 is 0. The minimum Gasteiger partial charge on any atom is -0.465 e. The maximum absolute atomic E-state index is 11.5. The van der Waals surface area contributed by atoms with Crippen LogP contribution in [0.2, 0.25) is 0 Å². The van der Waals surface area contributed by atoms with Crippen molar-refractivity contribution in [3.63, 3.8) is 0 Å². The van der Waals surface area contributed by atoms with Crippen LogP contribution in [0.4, 0.5) is 0 Å². The number of nitrogens with one attached hydrogen (secondary N) is 1. The van der Waals surface area contributed by atoms with Gasteiger partial charge >= 0.3 is 5.97 Å². The highest BCUT2D eigenvalue weighted by atomic mass is 16.5. The molecule has 0 amide bonds. The van der Waals surface area contributed by atoms with Gasteiger partial charge in [0, 0.05) is 0 Å². The normalized spacial score (nSPS) is 10.8. The van der Waals surface area contributed by atoms with Gasteiger partial charge in [-0.2, -0.15) is 0 Å². The Morgan fingerprint density at radius 3 is 1.90 bits per heavy atom. The molecular weight excluding hydrogens is 262 g/mol. The van der Waals surface area contributed by atoms with Crippen LogP contribution in [0, 0.1) is 0 Å². The number of esters is 1. The maximum Gasteiger partial charge on any atom is 0.319 e. The van der Waals surface area contributed by atoms with Crippen LogP contribution in [0.1, 0.15) is 90.9 Å². The van der Waals surface area contributed by atoms with Crippen LogP contribution in [0.3, 0.4) is 0 Å². The number of ether oxygens (including phenoxy) is 1. The van der Waals surface area contributed by atoms with Gasteiger partial charge in [0.2, 0.25) is 0 Å². The second kappa shape index (κ2) is 17.5. The van der Waals surface area contributed by atoms with Crippen LogP contribution >= 0.6 is 0 Å². The van der Waals surface area contributed by atoms with Crippen molar-refractivity contribution in [2.24, 2.45) is 0 Å². The van der Waals surface area contributed by atoms with Crippen LogP contribution in [-0.4, -0.2) is 25.7 Å². The molecule has 0 aromatic rings. The molecule has 0 spiro atoms. The number of rotatable bonds is 16. The lowest BCUT2D eigenvalue weighted by atomic mass is 10.1. The molecule has 0 atom stereocenters. The van der Waals surface area contributed by atoms with Crippen molar-refractivity contribution in [2.75, 3.05) is 19.7 Å². The number of hydrogen-bond acceptors (Lipinski definition) is 3. The van der Waals surface area contributed by atoms with Gasteiger partial charge in [0.1, 0.15) is 0 Å². The van der Waals surface area contributed by atoms with E-state index < -0.39 is 0 Å². The summed E-state index contributed by atoms with van der Waals surface area (Å²) in [6, 6.07) is 0. The summed E-state index contributed by atoms with van der Waals surface area (Å²) in [4.78, 5) is 11.5. The van der Waals surface area contributed by atoms with Gasteiger partial charge in [0.15, 0.2) is 0 Å². The molecule has 0 aliphatic heterocycles. The molecule has 0 aliphatic rings. The highest BCUT2D eigenvalue weighted by Crippen LogP contribution is 2.05. The SMILES string of the molecule is CCCCCCCCNCC(=O)OCCCCCCCC. The molecule has 3 nitrogen and oxygen atoms in total. The van der Waals surface area contributed by atoms with Gasteiger partial charge in [-0.3, -0.25) is 4.79 Å². The Labute approximate surface area is 132 Å². The largest absolute Gasteiger partial charge is 0.465 e. The van der Waals surface area contributed by atoms with Crippen molar-refractivity contribution in [1.82, 2.24) is 5.32 Å². The van der Waals surface area contributed by atoms with Gasteiger partial charge in [-0.05, 0) is 19.4 Å². The number of carbonyl (C=O) groups is 1. The zero-order valence-corrected chi connectivity index (χ0v) is 14.4. The third kappa shape index (κ3) is 17.4. The fourth-order valence-electron chi connectivity index (χ4n) is 2.34. The van der Waals surface area contributed by atoms with Crippen LogP contribution < -0.4 is 5.32 Å². The van der Waals surface area contributed by atoms with E-state index in [1.807, 2.05) is 0 Å². The zero-order valence-electron chi connectivity index (χ0n) is 14.4. The van der Waals surface area contributed by atoms with Crippen molar-refractivity contribution in [3.8, 4) is 0 Å². The van der Waals surface area contributed by atoms with Crippen LogP contribution in [0.15, 0.2) is 0 Å². The Kier molecular flexibility index (Phi) is 17.0. The van der Waals surface area contributed by atoms with Crippen molar-refractivity contribution in [2.45, 2.75) is 90.9 Å². The quantitative estimate of drug-likeness (QED) is 0.327.